The van der Waals surface area contributed by atoms with Gasteiger partial charge in [-0.3, -0.25) is 0 Å². The molecule has 46 heavy (non-hydrogen) atoms. The summed E-state index contributed by atoms with van der Waals surface area (Å²) in [7, 11) is 4.92. The number of esters is 1. The van der Waals surface area contributed by atoms with Gasteiger partial charge < -0.3 is 47.0 Å². The van der Waals surface area contributed by atoms with E-state index in [4.69, 9.17) is 28.4 Å². The van der Waals surface area contributed by atoms with E-state index in [9.17, 15) is 4.79 Å². The van der Waals surface area contributed by atoms with E-state index < -0.39 is 5.60 Å². The van der Waals surface area contributed by atoms with Gasteiger partial charge in [0, 0.05) is 27.9 Å². The van der Waals surface area contributed by atoms with Crippen molar-refractivity contribution in [2.75, 3.05) is 67.8 Å². The van der Waals surface area contributed by atoms with E-state index in [1.807, 2.05) is 20.8 Å². The Hall–Kier alpha value is -0.658. The van der Waals surface area contributed by atoms with Gasteiger partial charge in [-0.25, -0.2) is 4.79 Å². The second-order valence-corrected chi connectivity index (χ2v) is 13.8. The molecule has 262 valence electrons. The number of methoxy groups -OCH3 is 2. The minimum absolute atomic E-state index is 0. The Morgan fingerprint density at radius 3 is 2.33 bits per heavy atom. The quantitative estimate of drug-likeness (QED) is 0.0746. The van der Waals surface area contributed by atoms with Crippen molar-refractivity contribution in [3.63, 3.8) is 0 Å². The molecular formula is C37H62O8U. The fraction of sp³-hybridized carbons (Fsp3) is 0.757. The predicted molar refractivity (Wildman–Crippen MR) is 178 cm³/mol. The van der Waals surface area contributed by atoms with E-state index in [0.29, 0.717) is 43.7 Å². The summed E-state index contributed by atoms with van der Waals surface area (Å²) in [6, 6.07) is 6.76. The average Bonchev–Trinajstić information content (AvgIpc) is 3.37. The Morgan fingerprint density at radius 1 is 0.978 bits per heavy atom. The number of hydrogen-bond acceptors (Lipinski definition) is 8. The summed E-state index contributed by atoms with van der Waals surface area (Å²) < 4.78 is 37.1. The molecule has 1 aromatic carbocycles. The minimum atomic E-state index is -0.492. The van der Waals surface area contributed by atoms with Crippen molar-refractivity contribution in [2.45, 2.75) is 90.6 Å². The first-order valence-electron chi connectivity index (χ1n) is 16.6. The van der Waals surface area contributed by atoms with Crippen molar-refractivity contribution >= 4 is 5.97 Å². The molecule has 2 saturated carbocycles. The average molecular weight is 873 g/mol. The van der Waals surface area contributed by atoms with Gasteiger partial charge in [0.05, 0.1) is 26.4 Å². The van der Waals surface area contributed by atoms with Crippen LogP contribution in [0.15, 0.2) is 18.2 Å². The molecule has 0 heterocycles. The van der Waals surface area contributed by atoms with E-state index >= 15 is 0 Å². The molecule has 0 saturated heterocycles. The van der Waals surface area contributed by atoms with Crippen molar-refractivity contribution in [2.24, 2.45) is 23.2 Å². The summed E-state index contributed by atoms with van der Waals surface area (Å²) in [6.07, 6.45) is 12.6. The first-order chi connectivity index (χ1) is 21.1. The number of ether oxygens (including phenoxy) is 7. The Bertz CT molecular complexity index is 983. The molecule has 0 amide bonds. The Balaban J connectivity index is 0.00000203. The molecule has 9 heteroatoms. The van der Waals surface area contributed by atoms with Crippen LogP contribution in [0.3, 0.4) is 0 Å². The Kier molecular flexibility index (Phi) is 20.9. The maximum Gasteiger partial charge on any atom is 2.00 e. The zero-order valence-corrected chi connectivity index (χ0v) is 34.2. The fourth-order valence-corrected chi connectivity index (χ4v) is 7.58. The smallest absolute Gasteiger partial charge is 0.468 e. The monoisotopic (exact) mass is 872 g/mol. The van der Waals surface area contributed by atoms with Gasteiger partial charge in [0.15, 0.2) is 6.79 Å². The molecular weight excluding hydrogens is 810 g/mol. The summed E-state index contributed by atoms with van der Waals surface area (Å²) in [6.45, 7) is 11.0. The molecule has 8 nitrogen and oxygen atoms in total. The van der Waals surface area contributed by atoms with Crippen LogP contribution in [-0.2, 0) is 39.6 Å². The zero-order valence-electron chi connectivity index (χ0n) is 30.0. The van der Waals surface area contributed by atoms with Crippen LogP contribution >= 0.6 is 0 Å². The molecule has 4 unspecified atom stereocenters. The molecule has 2 fully saturated rings. The van der Waals surface area contributed by atoms with E-state index in [0.717, 1.165) is 37.0 Å². The molecule has 0 spiro atoms. The van der Waals surface area contributed by atoms with Gasteiger partial charge in [-0.05, 0) is 87.5 Å². The Morgan fingerprint density at radius 2 is 1.65 bits per heavy atom. The number of unbranched alkanes of at least 4 members (excludes halogenated alkanes) is 1. The van der Waals surface area contributed by atoms with Crippen molar-refractivity contribution in [1.82, 2.24) is 0 Å². The molecule has 5 atom stereocenters. The van der Waals surface area contributed by atoms with Crippen molar-refractivity contribution < 1.29 is 69.1 Å². The third-order valence-electron chi connectivity index (χ3n) is 9.24. The number of fused-ring (bicyclic) bond motifs is 5. The second-order valence-electron chi connectivity index (χ2n) is 13.8. The van der Waals surface area contributed by atoms with Crippen LogP contribution in [-0.4, -0.2) is 79.3 Å². The molecule has 0 bridgehead atoms. The number of rotatable bonds is 16. The predicted octanol–water partition coefficient (Wildman–Crippen LogP) is 7.23. The number of hydrogen-bond donors (Lipinski definition) is 0. The van der Waals surface area contributed by atoms with Crippen molar-refractivity contribution in [3.8, 4) is 5.75 Å². The van der Waals surface area contributed by atoms with Crippen LogP contribution < -0.4 is 4.74 Å². The van der Waals surface area contributed by atoms with Gasteiger partial charge in [0.25, 0.3) is 0 Å². The molecule has 1 aromatic rings. The molecule has 0 aromatic heterocycles. The van der Waals surface area contributed by atoms with Gasteiger partial charge >= 0.3 is 37.1 Å². The molecule has 0 radical (unpaired) electrons. The fourth-order valence-electron chi connectivity index (χ4n) is 7.58. The van der Waals surface area contributed by atoms with Crippen LogP contribution in [0.4, 0.5) is 0 Å². The summed E-state index contributed by atoms with van der Waals surface area (Å²) >= 11 is 0. The Labute approximate surface area is 304 Å². The van der Waals surface area contributed by atoms with Gasteiger partial charge in [-0.1, -0.05) is 38.2 Å². The standard InChI is InChI=1S/C34H53O7.C2H6O.CH3.U/c1-33(2,3)41-31(35)23-39-20-19-38-18-17-37-16-7-6-9-25-21-26-22-27(40-24-36-5)11-12-28(26)29-13-15-34(4)14-8-10-30(34)32(25)29;1-3-2;;/h11-12,14,22,25,29-30,32H,6-10,13,15-21,23-24H2,1-5H3;1-2H3;1H3;/q-1;;-1;+2/t25-,29?,30?,32?,34?;;;/m1.../s1. The third kappa shape index (κ3) is 13.7. The summed E-state index contributed by atoms with van der Waals surface area (Å²) in [5.41, 5.74) is 2.98. The van der Waals surface area contributed by atoms with Crippen molar-refractivity contribution in [1.29, 1.82) is 0 Å². The maximum absolute atomic E-state index is 11.6. The van der Waals surface area contributed by atoms with Crippen LogP contribution in [0.5, 0.6) is 5.75 Å². The van der Waals surface area contributed by atoms with Gasteiger partial charge in [0.2, 0.25) is 0 Å². The van der Waals surface area contributed by atoms with Crippen LogP contribution in [0.2, 0.25) is 0 Å². The number of carbonyl (C=O) groups is 1. The van der Waals surface area contributed by atoms with E-state index in [2.05, 4.69) is 36.3 Å². The SMILES string of the molecule is COC.COCOc1ccc2c(c1)C[C@@H](CCCCOCCOCCOCC(=O)OC(C)(C)C)C1C2CCC2(C)[CH-]CCC12.[CH3-].[U+2]. The normalized spacial score (nSPS) is 24.6. The summed E-state index contributed by atoms with van der Waals surface area (Å²) in [5, 5.41) is 0. The van der Waals surface area contributed by atoms with E-state index in [1.54, 1.807) is 26.9 Å². The number of carbonyl (C=O) groups excluding carboxylic acids is 1. The minimum Gasteiger partial charge on any atom is -0.468 e. The van der Waals surface area contributed by atoms with E-state index in [-0.39, 0.29) is 57.9 Å². The molecule has 3 aliphatic carbocycles. The van der Waals surface area contributed by atoms with Crippen LogP contribution in [0, 0.1) is 68.1 Å². The maximum atomic E-state index is 11.6. The molecule has 0 aliphatic heterocycles. The van der Waals surface area contributed by atoms with Gasteiger partial charge in [-0.15, -0.1) is 0 Å². The third-order valence-corrected chi connectivity index (χ3v) is 9.24. The second kappa shape index (κ2) is 22.1. The summed E-state index contributed by atoms with van der Waals surface area (Å²) in [5.74, 6) is 3.54. The van der Waals surface area contributed by atoms with E-state index in [1.165, 1.54) is 44.1 Å². The number of benzene rings is 1. The molecule has 4 rings (SSSR count). The van der Waals surface area contributed by atoms with Crippen LogP contribution in [0.1, 0.15) is 89.7 Å². The van der Waals surface area contributed by atoms with Gasteiger partial charge in [0.1, 0.15) is 18.0 Å². The molecule has 0 N–H and O–H groups in total. The first-order valence-corrected chi connectivity index (χ1v) is 16.6. The van der Waals surface area contributed by atoms with Gasteiger partial charge in [-0.2, -0.15) is 11.8 Å². The topological polar surface area (TPSA) is 81.7 Å². The largest absolute Gasteiger partial charge is 2.00 e. The first kappa shape index (κ1) is 43.4. The van der Waals surface area contributed by atoms with Crippen LogP contribution in [0.25, 0.3) is 0 Å². The summed E-state index contributed by atoms with van der Waals surface area (Å²) in [4.78, 5) is 11.6. The van der Waals surface area contributed by atoms with Crippen molar-refractivity contribution in [3.05, 3.63) is 43.2 Å². The zero-order chi connectivity index (χ0) is 32.0. The molecule has 3 aliphatic rings.